The van der Waals surface area contributed by atoms with Crippen molar-refractivity contribution in [3.05, 3.63) is 89.0 Å². The molecule has 0 aliphatic heterocycles. The molecule has 0 radical (unpaired) electrons. The molecule has 4 aromatic rings. The molecule has 0 atom stereocenters. The van der Waals surface area contributed by atoms with E-state index < -0.39 is 17.4 Å². The van der Waals surface area contributed by atoms with Crippen molar-refractivity contribution in [2.24, 2.45) is 0 Å². The fourth-order valence-corrected chi connectivity index (χ4v) is 2.80. The van der Waals surface area contributed by atoms with Gasteiger partial charge in [0.2, 0.25) is 0 Å². The van der Waals surface area contributed by atoms with Crippen molar-refractivity contribution in [1.29, 1.82) is 0 Å². The molecule has 0 unspecified atom stereocenters. The summed E-state index contributed by atoms with van der Waals surface area (Å²) in [5.41, 5.74) is 0.490. The highest BCUT2D eigenvalue weighted by Gasteiger charge is 2.11. The Morgan fingerprint density at radius 2 is 1.78 bits per heavy atom. The second kappa shape index (κ2) is 6.53. The average molecular weight is 365 g/mol. The number of hydrogen-bond donors (Lipinski definition) is 2. The van der Waals surface area contributed by atoms with Crippen LogP contribution in [0.2, 0.25) is 0 Å². The Labute approximate surface area is 152 Å². The number of halogens is 2. The zero-order valence-electron chi connectivity index (χ0n) is 13.9. The third-order valence-electron chi connectivity index (χ3n) is 4.13. The second-order valence-electron chi connectivity index (χ2n) is 5.88. The summed E-state index contributed by atoms with van der Waals surface area (Å²) in [5.74, 6) is -1.40. The molecular formula is C20H13F2N3O2. The summed E-state index contributed by atoms with van der Waals surface area (Å²) in [6, 6.07) is 12.8. The van der Waals surface area contributed by atoms with Crippen molar-refractivity contribution in [2.75, 3.05) is 5.32 Å². The van der Waals surface area contributed by atoms with Crippen molar-refractivity contribution in [2.45, 2.75) is 0 Å². The predicted octanol–water partition coefficient (Wildman–Crippen LogP) is 4.11. The zero-order chi connectivity index (χ0) is 19.0. The third kappa shape index (κ3) is 3.10. The number of nitrogens with one attached hydrogen (secondary N) is 1. The highest BCUT2D eigenvalue weighted by Crippen LogP contribution is 2.25. The van der Waals surface area contributed by atoms with Crippen molar-refractivity contribution in [1.82, 2.24) is 9.55 Å². The van der Waals surface area contributed by atoms with E-state index >= 15 is 0 Å². The number of anilines is 2. The highest BCUT2D eigenvalue weighted by atomic mass is 19.1. The van der Waals surface area contributed by atoms with Gasteiger partial charge in [0, 0.05) is 29.8 Å². The second-order valence-corrected chi connectivity index (χ2v) is 5.88. The molecule has 134 valence electrons. The number of fused-ring (bicyclic) bond motifs is 1. The summed E-state index contributed by atoms with van der Waals surface area (Å²) in [5, 5.41) is 13.2. The molecule has 4 rings (SSSR count). The largest absolute Gasteiger partial charge is 0.505 e. The van der Waals surface area contributed by atoms with Crippen LogP contribution in [0.3, 0.4) is 0 Å². The van der Waals surface area contributed by atoms with Gasteiger partial charge in [0.05, 0.1) is 5.39 Å². The van der Waals surface area contributed by atoms with Crippen LogP contribution >= 0.6 is 0 Å². The highest BCUT2D eigenvalue weighted by molar-refractivity contribution is 5.92. The number of aromatic nitrogens is 2. The smallest absolute Gasteiger partial charge is 0.266 e. The number of aromatic hydroxyl groups is 1. The molecule has 7 heteroatoms. The van der Waals surface area contributed by atoms with Crippen LogP contribution in [0.25, 0.3) is 16.5 Å². The molecule has 5 nitrogen and oxygen atoms in total. The first kappa shape index (κ1) is 16.7. The lowest BCUT2D eigenvalue weighted by Crippen LogP contribution is -2.19. The molecule has 0 spiro atoms. The molecule has 0 fully saturated rings. The molecule has 0 amide bonds. The van der Waals surface area contributed by atoms with Gasteiger partial charge in [-0.2, -0.15) is 0 Å². The van der Waals surface area contributed by atoms with E-state index in [1.54, 1.807) is 18.3 Å². The average Bonchev–Trinajstić information content (AvgIpc) is 2.66. The van der Waals surface area contributed by atoms with Crippen LogP contribution < -0.4 is 10.9 Å². The first-order valence-corrected chi connectivity index (χ1v) is 8.05. The number of phenols is 1. The van der Waals surface area contributed by atoms with Gasteiger partial charge in [-0.3, -0.25) is 9.36 Å². The number of pyridine rings is 2. The molecule has 0 aliphatic rings. The van der Waals surface area contributed by atoms with Crippen molar-refractivity contribution in [3.63, 3.8) is 0 Å². The first-order chi connectivity index (χ1) is 13.0. The van der Waals surface area contributed by atoms with Crippen LogP contribution in [0.15, 0.2) is 71.8 Å². The Hall–Kier alpha value is -3.74. The molecule has 0 bridgehead atoms. The van der Waals surface area contributed by atoms with Gasteiger partial charge < -0.3 is 10.4 Å². The molecule has 0 saturated carbocycles. The summed E-state index contributed by atoms with van der Waals surface area (Å²) in [6.07, 6.45) is 3.13. The Morgan fingerprint density at radius 1 is 1.00 bits per heavy atom. The van der Waals surface area contributed by atoms with E-state index in [9.17, 15) is 18.7 Å². The SMILES string of the molecule is O=c1c2c(Nc3ccc(O)c(F)c3)nccc2ccn1-c1ccc(F)cc1. The minimum Gasteiger partial charge on any atom is -0.505 e. The quantitative estimate of drug-likeness (QED) is 0.536. The lowest BCUT2D eigenvalue weighted by molar-refractivity contribution is 0.432. The monoisotopic (exact) mass is 365 g/mol. The summed E-state index contributed by atoms with van der Waals surface area (Å²) in [6.45, 7) is 0. The van der Waals surface area contributed by atoms with Crippen LogP contribution in [-0.4, -0.2) is 14.7 Å². The predicted molar refractivity (Wildman–Crippen MR) is 98.6 cm³/mol. The molecule has 2 aromatic heterocycles. The lowest BCUT2D eigenvalue weighted by atomic mass is 10.2. The molecule has 27 heavy (non-hydrogen) atoms. The summed E-state index contributed by atoms with van der Waals surface area (Å²) in [7, 11) is 0. The molecule has 2 heterocycles. The Balaban J connectivity index is 1.86. The third-order valence-corrected chi connectivity index (χ3v) is 4.13. The maximum absolute atomic E-state index is 13.6. The van der Waals surface area contributed by atoms with Gasteiger partial charge >= 0.3 is 0 Å². The van der Waals surface area contributed by atoms with Crippen molar-refractivity contribution in [3.8, 4) is 11.4 Å². The van der Waals surface area contributed by atoms with Crippen molar-refractivity contribution < 1.29 is 13.9 Å². The fraction of sp³-hybridized carbons (Fsp3) is 0. The molecule has 2 N–H and O–H groups in total. The molecule has 0 aliphatic carbocycles. The van der Waals surface area contributed by atoms with E-state index in [2.05, 4.69) is 10.3 Å². The minimum atomic E-state index is -0.788. The van der Waals surface area contributed by atoms with E-state index in [1.165, 1.54) is 47.2 Å². The van der Waals surface area contributed by atoms with Crippen LogP contribution in [0.4, 0.5) is 20.3 Å². The van der Waals surface area contributed by atoms with Gasteiger partial charge in [0.15, 0.2) is 11.6 Å². The van der Waals surface area contributed by atoms with E-state index in [1.807, 2.05) is 0 Å². The van der Waals surface area contributed by atoms with Gasteiger partial charge in [0.25, 0.3) is 5.56 Å². The summed E-state index contributed by atoms with van der Waals surface area (Å²) >= 11 is 0. The van der Waals surface area contributed by atoms with Gasteiger partial charge in [-0.25, -0.2) is 13.8 Å². The van der Waals surface area contributed by atoms with Gasteiger partial charge in [0.1, 0.15) is 11.6 Å². The summed E-state index contributed by atoms with van der Waals surface area (Å²) < 4.78 is 28.1. The maximum Gasteiger partial charge on any atom is 0.266 e. The molecule has 0 saturated heterocycles. The first-order valence-electron chi connectivity index (χ1n) is 8.05. The zero-order valence-corrected chi connectivity index (χ0v) is 13.9. The number of rotatable bonds is 3. The molecule has 2 aromatic carbocycles. The van der Waals surface area contributed by atoms with Crippen LogP contribution in [0, 0.1) is 11.6 Å². The number of hydrogen-bond acceptors (Lipinski definition) is 4. The fourth-order valence-electron chi connectivity index (χ4n) is 2.80. The van der Waals surface area contributed by atoms with Crippen molar-refractivity contribution >= 4 is 22.3 Å². The topological polar surface area (TPSA) is 67.2 Å². The van der Waals surface area contributed by atoms with Gasteiger partial charge in [-0.05, 0) is 53.9 Å². The Bertz CT molecular complexity index is 1200. The number of phenolic OH excluding ortho intramolecular Hbond substituents is 1. The normalized spacial score (nSPS) is 10.9. The number of nitrogens with zero attached hydrogens (tertiary/aromatic N) is 2. The van der Waals surface area contributed by atoms with Gasteiger partial charge in [-0.15, -0.1) is 0 Å². The molecular weight excluding hydrogens is 352 g/mol. The van der Waals surface area contributed by atoms with Gasteiger partial charge in [-0.1, -0.05) is 0 Å². The maximum atomic E-state index is 13.6. The van der Waals surface area contributed by atoms with E-state index in [4.69, 9.17) is 0 Å². The van der Waals surface area contributed by atoms with Crippen LogP contribution in [0.1, 0.15) is 0 Å². The Kier molecular flexibility index (Phi) is 4.04. The lowest BCUT2D eigenvalue weighted by Gasteiger charge is -2.11. The van der Waals surface area contributed by atoms with E-state index in [0.29, 0.717) is 22.1 Å². The standard InChI is InChI=1S/C20H13F2N3O2/c21-13-1-4-15(5-2-13)25-10-8-12-7-9-23-19(18(12)20(25)27)24-14-3-6-17(26)16(22)11-14/h1-11,26H,(H,23,24). The minimum absolute atomic E-state index is 0.249. The Morgan fingerprint density at radius 3 is 2.52 bits per heavy atom. The van der Waals surface area contributed by atoms with E-state index in [0.717, 1.165) is 6.07 Å². The van der Waals surface area contributed by atoms with Crippen LogP contribution in [0.5, 0.6) is 5.75 Å². The summed E-state index contributed by atoms with van der Waals surface area (Å²) in [4.78, 5) is 17.2. The van der Waals surface area contributed by atoms with E-state index in [-0.39, 0.29) is 11.4 Å². The number of benzene rings is 2. The van der Waals surface area contributed by atoms with Crippen LogP contribution in [-0.2, 0) is 0 Å².